The summed E-state index contributed by atoms with van der Waals surface area (Å²) >= 11 is 0. The zero-order chi connectivity index (χ0) is 10.4. The van der Waals surface area contributed by atoms with Gasteiger partial charge in [-0.2, -0.15) is 0 Å². The number of esters is 1. The molecule has 1 rings (SSSR count). The van der Waals surface area contributed by atoms with Crippen molar-refractivity contribution in [2.45, 2.75) is 13.8 Å². The van der Waals surface area contributed by atoms with E-state index in [4.69, 9.17) is 4.74 Å². The summed E-state index contributed by atoms with van der Waals surface area (Å²) in [5, 5.41) is 3.15. The zero-order valence-electron chi connectivity index (χ0n) is 8.54. The van der Waals surface area contributed by atoms with Crippen LogP contribution in [0.5, 0.6) is 0 Å². The molecule has 1 aromatic rings. The maximum atomic E-state index is 11.3. The van der Waals surface area contributed by atoms with Crippen LogP contribution >= 0.6 is 0 Å². The lowest BCUT2D eigenvalue weighted by Crippen LogP contribution is -2.04. The maximum absolute atomic E-state index is 11.3. The number of nitrogens with one attached hydrogen (secondary N) is 1. The minimum atomic E-state index is -0.268. The Morgan fingerprint density at radius 2 is 1.93 bits per heavy atom. The molecule has 0 spiro atoms. The van der Waals surface area contributed by atoms with Crippen molar-refractivity contribution in [2.24, 2.45) is 0 Å². The first-order valence-corrected chi connectivity index (χ1v) is 4.79. The Kier molecular flexibility index (Phi) is 3.98. The number of hydrogen-bond donors (Lipinski definition) is 1. The van der Waals surface area contributed by atoms with Crippen molar-refractivity contribution in [2.75, 3.05) is 18.5 Å². The molecule has 3 nitrogen and oxygen atoms in total. The predicted octanol–water partition coefficient (Wildman–Crippen LogP) is 2.30. The third-order valence-electron chi connectivity index (χ3n) is 1.78. The maximum Gasteiger partial charge on any atom is 0.338 e. The van der Waals surface area contributed by atoms with E-state index < -0.39 is 0 Å². The van der Waals surface area contributed by atoms with Crippen LogP contribution in [0.1, 0.15) is 24.2 Å². The number of carbonyl (C=O) groups excluding carboxylic acids is 1. The summed E-state index contributed by atoms with van der Waals surface area (Å²) < 4.78 is 4.87. The van der Waals surface area contributed by atoms with Crippen LogP contribution in [0.2, 0.25) is 0 Å². The fourth-order valence-corrected chi connectivity index (χ4v) is 1.14. The first-order chi connectivity index (χ1) is 6.77. The van der Waals surface area contributed by atoms with Gasteiger partial charge in [0.2, 0.25) is 0 Å². The quantitative estimate of drug-likeness (QED) is 0.745. The molecule has 0 unspecified atom stereocenters. The molecular formula is C11H15NO2. The first-order valence-electron chi connectivity index (χ1n) is 4.79. The molecule has 0 aliphatic carbocycles. The molecular weight excluding hydrogens is 178 g/mol. The highest BCUT2D eigenvalue weighted by Gasteiger charge is 2.04. The van der Waals surface area contributed by atoms with Crippen LogP contribution < -0.4 is 5.32 Å². The number of benzene rings is 1. The predicted molar refractivity (Wildman–Crippen MR) is 56.6 cm³/mol. The molecule has 1 aromatic carbocycles. The fraction of sp³-hybridized carbons (Fsp3) is 0.364. The average Bonchev–Trinajstić information content (AvgIpc) is 2.20. The number of rotatable bonds is 4. The van der Waals surface area contributed by atoms with E-state index in [1.807, 2.05) is 19.1 Å². The Bertz CT molecular complexity index is 293. The SMILES string of the molecule is CCNc1ccc(C(=O)OCC)cc1. The molecule has 14 heavy (non-hydrogen) atoms. The van der Waals surface area contributed by atoms with Gasteiger partial charge in [0.25, 0.3) is 0 Å². The smallest absolute Gasteiger partial charge is 0.338 e. The van der Waals surface area contributed by atoms with Gasteiger partial charge in [-0.15, -0.1) is 0 Å². The molecule has 0 saturated carbocycles. The molecule has 0 saturated heterocycles. The van der Waals surface area contributed by atoms with Gasteiger partial charge in [0, 0.05) is 12.2 Å². The van der Waals surface area contributed by atoms with E-state index in [0.717, 1.165) is 12.2 Å². The number of carbonyl (C=O) groups is 1. The zero-order valence-corrected chi connectivity index (χ0v) is 8.54. The van der Waals surface area contributed by atoms with Crippen molar-refractivity contribution < 1.29 is 9.53 Å². The van der Waals surface area contributed by atoms with Gasteiger partial charge < -0.3 is 10.1 Å². The van der Waals surface area contributed by atoms with E-state index in [-0.39, 0.29) is 5.97 Å². The van der Waals surface area contributed by atoms with E-state index in [2.05, 4.69) is 5.32 Å². The molecule has 0 bridgehead atoms. The van der Waals surface area contributed by atoms with Gasteiger partial charge in [0.05, 0.1) is 12.2 Å². The topological polar surface area (TPSA) is 38.3 Å². The van der Waals surface area contributed by atoms with Gasteiger partial charge in [-0.3, -0.25) is 0 Å². The summed E-state index contributed by atoms with van der Waals surface area (Å²) in [5.74, 6) is -0.268. The largest absolute Gasteiger partial charge is 0.462 e. The Balaban J connectivity index is 2.67. The van der Waals surface area contributed by atoms with E-state index in [1.54, 1.807) is 19.1 Å². The van der Waals surface area contributed by atoms with Crippen LogP contribution in [0.15, 0.2) is 24.3 Å². The molecule has 0 aliphatic rings. The van der Waals surface area contributed by atoms with Gasteiger partial charge in [-0.1, -0.05) is 0 Å². The van der Waals surface area contributed by atoms with Crippen molar-refractivity contribution >= 4 is 11.7 Å². The van der Waals surface area contributed by atoms with E-state index in [0.29, 0.717) is 12.2 Å². The lowest BCUT2D eigenvalue weighted by atomic mass is 10.2. The second-order valence-electron chi connectivity index (χ2n) is 2.83. The molecule has 0 heterocycles. The van der Waals surface area contributed by atoms with Gasteiger partial charge in [-0.25, -0.2) is 4.79 Å². The molecule has 0 amide bonds. The number of hydrogen-bond acceptors (Lipinski definition) is 3. The third kappa shape index (κ3) is 2.76. The van der Waals surface area contributed by atoms with E-state index in [1.165, 1.54) is 0 Å². The van der Waals surface area contributed by atoms with Gasteiger partial charge in [0.15, 0.2) is 0 Å². The van der Waals surface area contributed by atoms with Crippen LogP contribution in [-0.4, -0.2) is 19.1 Å². The number of ether oxygens (including phenoxy) is 1. The summed E-state index contributed by atoms with van der Waals surface area (Å²) in [6.45, 7) is 5.11. The molecule has 3 heteroatoms. The third-order valence-corrected chi connectivity index (χ3v) is 1.78. The summed E-state index contributed by atoms with van der Waals surface area (Å²) in [6, 6.07) is 7.26. The Morgan fingerprint density at radius 3 is 2.43 bits per heavy atom. The van der Waals surface area contributed by atoms with E-state index >= 15 is 0 Å². The van der Waals surface area contributed by atoms with Crippen LogP contribution in [0.4, 0.5) is 5.69 Å². The lowest BCUT2D eigenvalue weighted by molar-refractivity contribution is 0.0526. The highest BCUT2D eigenvalue weighted by atomic mass is 16.5. The Hall–Kier alpha value is -1.51. The van der Waals surface area contributed by atoms with Crippen molar-refractivity contribution in [3.63, 3.8) is 0 Å². The molecule has 0 atom stereocenters. The van der Waals surface area contributed by atoms with Crippen molar-refractivity contribution in [3.8, 4) is 0 Å². The summed E-state index contributed by atoms with van der Waals surface area (Å²) in [7, 11) is 0. The molecule has 1 N–H and O–H groups in total. The highest BCUT2D eigenvalue weighted by molar-refractivity contribution is 5.89. The van der Waals surface area contributed by atoms with Crippen molar-refractivity contribution in [1.29, 1.82) is 0 Å². The molecule has 0 aliphatic heterocycles. The van der Waals surface area contributed by atoms with Crippen LogP contribution in [0.25, 0.3) is 0 Å². The van der Waals surface area contributed by atoms with Gasteiger partial charge >= 0.3 is 5.97 Å². The van der Waals surface area contributed by atoms with Crippen LogP contribution in [0.3, 0.4) is 0 Å². The first kappa shape index (κ1) is 10.6. The van der Waals surface area contributed by atoms with Gasteiger partial charge in [-0.05, 0) is 38.1 Å². The summed E-state index contributed by atoms with van der Waals surface area (Å²) in [6.07, 6.45) is 0. The molecule has 0 aromatic heterocycles. The highest BCUT2D eigenvalue weighted by Crippen LogP contribution is 2.09. The summed E-state index contributed by atoms with van der Waals surface area (Å²) in [5.41, 5.74) is 1.61. The van der Waals surface area contributed by atoms with Crippen LogP contribution in [-0.2, 0) is 4.74 Å². The minimum Gasteiger partial charge on any atom is -0.462 e. The average molecular weight is 193 g/mol. The molecule has 0 radical (unpaired) electrons. The number of anilines is 1. The minimum absolute atomic E-state index is 0.268. The Labute approximate surface area is 84.1 Å². The molecule has 76 valence electrons. The monoisotopic (exact) mass is 193 g/mol. The van der Waals surface area contributed by atoms with Crippen molar-refractivity contribution in [1.82, 2.24) is 0 Å². The van der Waals surface area contributed by atoms with Crippen LogP contribution in [0, 0.1) is 0 Å². The standard InChI is InChI=1S/C11H15NO2/c1-3-12-10-7-5-9(6-8-10)11(13)14-4-2/h5-8,12H,3-4H2,1-2H3. The van der Waals surface area contributed by atoms with Crippen molar-refractivity contribution in [3.05, 3.63) is 29.8 Å². The molecule has 0 fully saturated rings. The normalized spacial score (nSPS) is 9.57. The van der Waals surface area contributed by atoms with Gasteiger partial charge in [0.1, 0.15) is 0 Å². The summed E-state index contributed by atoms with van der Waals surface area (Å²) in [4.78, 5) is 11.3. The fourth-order valence-electron chi connectivity index (χ4n) is 1.14. The lowest BCUT2D eigenvalue weighted by Gasteiger charge is -2.04. The second kappa shape index (κ2) is 5.27. The van der Waals surface area contributed by atoms with E-state index in [9.17, 15) is 4.79 Å². The Morgan fingerprint density at radius 1 is 1.29 bits per heavy atom. The second-order valence-corrected chi connectivity index (χ2v) is 2.83.